The van der Waals surface area contributed by atoms with Gasteiger partial charge in [-0.05, 0) is 83.5 Å². The molecule has 1 amide bonds. The molecule has 0 aromatic rings. The molecular weight excluding hydrogens is 839 g/mol. The maximum absolute atomic E-state index is 13.0. The Morgan fingerprint density at radius 1 is 0.522 bits per heavy atom. The van der Waals surface area contributed by atoms with Crippen LogP contribution in [0.2, 0.25) is 0 Å². The highest BCUT2D eigenvalue weighted by atomic mass is 16.7. The fourth-order valence-electron chi connectivity index (χ4n) is 7.64. The van der Waals surface area contributed by atoms with Crippen molar-refractivity contribution >= 4 is 5.91 Å². The summed E-state index contributed by atoms with van der Waals surface area (Å²) in [5.74, 6) is -0.190. The van der Waals surface area contributed by atoms with Crippen LogP contribution in [0.3, 0.4) is 0 Å². The van der Waals surface area contributed by atoms with Gasteiger partial charge in [0.25, 0.3) is 0 Å². The Morgan fingerprint density at radius 3 is 1.37 bits per heavy atom. The van der Waals surface area contributed by atoms with Gasteiger partial charge >= 0.3 is 0 Å². The fourth-order valence-corrected chi connectivity index (χ4v) is 7.64. The average Bonchev–Trinajstić information content (AvgIpc) is 3.33. The Labute approximate surface area is 408 Å². The molecule has 0 aromatic heterocycles. The summed E-state index contributed by atoms with van der Waals surface area (Å²) < 4.78 is 11.2. The third-order valence-corrected chi connectivity index (χ3v) is 11.9. The fraction of sp³-hybridized carbons (Fsp3) is 0.672. The van der Waals surface area contributed by atoms with E-state index in [0.717, 1.165) is 103 Å². The highest BCUT2D eigenvalue weighted by Gasteiger charge is 2.44. The van der Waals surface area contributed by atoms with E-state index >= 15 is 0 Å². The zero-order valence-electron chi connectivity index (χ0n) is 42.1. The number of hydrogen-bond donors (Lipinski definition) is 6. The maximum atomic E-state index is 13.0. The second-order valence-electron chi connectivity index (χ2n) is 17.9. The Kier molecular flexibility index (Phi) is 43.0. The first-order chi connectivity index (χ1) is 32.8. The summed E-state index contributed by atoms with van der Waals surface area (Å²) >= 11 is 0. The molecule has 7 atom stereocenters. The molecule has 9 heteroatoms. The normalized spacial score (nSPS) is 20.6. The van der Waals surface area contributed by atoms with Gasteiger partial charge in [-0.1, -0.05) is 213 Å². The van der Waals surface area contributed by atoms with Gasteiger partial charge in [-0.15, -0.1) is 0 Å². The Morgan fingerprint density at radius 2 is 0.925 bits per heavy atom. The van der Waals surface area contributed by atoms with Gasteiger partial charge in [0.1, 0.15) is 24.4 Å². The second kappa shape index (κ2) is 46.6. The van der Waals surface area contributed by atoms with Crippen molar-refractivity contribution in [3.05, 3.63) is 109 Å². The summed E-state index contributed by atoms with van der Waals surface area (Å²) in [4.78, 5) is 13.0. The minimum atomic E-state index is -1.57. The van der Waals surface area contributed by atoms with Crippen molar-refractivity contribution in [2.75, 3.05) is 13.2 Å². The summed E-state index contributed by atoms with van der Waals surface area (Å²) in [6.07, 6.45) is 61.6. The van der Waals surface area contributed by atoms with Gasteiger partial charge in [0.2, 0.25) is 5.91 Å². The van der Waals surface area contributed by atoms with Gasteiger partial charge in [0.15, 0.2) is 6.29 Å². The van der Waals surface area contributed by atoms with E-state index in [4.69, 9.17) is 9.47 Å². The van der Waals surface area contributed by atoms with Gasteiger partial charge in [0.05, 0.1) is 25.4 Å². The molecule has 0 saturated carbocycles. The van der Waals surface area contributed by atoms with Crippen LogP contribution in [0.4, 0.5) is 0 Å². The van der Waals surface area contributed by atoms with Crippen molar-refractivity contribution in [3.63, 3.8) is 0 Å². The minimum Gasteiger partial charge on any atom is -0.394 e. The number of rotatable bonds is 43. The third kappa shape index (κ3) is 36.5. The van der Waals surface area contributed by atoms with Crippen molar-refractivity contribution < 1.29 is 39.8 Å². The number of nitrogens with one attached hydrogen (secondary N) is 1. The molecule has 7 unspecified atom stereocenters. The van der Waals surface area contributed by atoms with E-state index in [1.54, 1.807) is 6.08 Å². The lowest BCUT2D eigenvalue weighted by molar-refractivity contribution is -0.302. The van der Waals surface area contributed by atoms with Gasteiger partial charge < -0.3 is 40.3 Å². The lowest BCUT2D eigenvalue weighted by atomic mass is 9.99. The number of amides is 1. The standard InChI is InChI=1S/C58H97NO8/c1-3-5-7-9-11-13-14-15-16-17-18-19-20-21-22-23-24-25-26-27-28-29-30-31-32-33-34-35-36-37-38-40-42-44-46-48-54(62)59-51(52(61)47-45-43-41-39-12-10-8-6-4-2)50-66-58-57(65)56(64)55(63)53(49-60)67-58/h5,7,11,13,15-16,18-19,21-22,24-25,27-28,30-31,45,47,51-53,55-58,60-61,63-65H,3-4,6,8-10,12,14,17,20,23,26,29,32-44,46,48-50H2,1-2H3,(H,59,62)/b7-5-,13-11-,16-15-,19-18-,22-21-,25-24-,28-27-,31-30-,47-45+. The number of aliphatic hydroxyl groups excluding tert-OH is 5. The van der Waals surface area contributed by atoms with Gasteiger partial charge in [-0.2, -0.15) is 0 Å². The molecule has 9 nitrogen and oxygen atoms in total. The lowest BCUT2D eigenvalue weighted by Crippen LogP contribution is -2.60. The highest BCUT2D eigenvalue weighted by Crippen LogP contribution is 2.22. The monoisotopic (exact) mass is 936 g/mol. The molecule has 1 aliphatic rings. The van der Waals surface area contributed by atoms with Crippen LogP contribution < -0.4 is 5.32 Å². The van der Waals surface area contributed by atoms with Crippen LogP contribution in [0, 0.1) is 0 Å². The Hall–Kier alpha value is -3.15. The smallest absolute Gasteiger partial charge is 0.220 e. The predicted molar refractivity (Wildman–Crippen MR) is 281 cm³/mol. The zero-order valence-corrected chi connectivity index (χ0v) is 42.1. The average molecular weight is 936 g/mol. The van der Waals surface area contributed by atoms with Gasteiger partial charge in [-0.3, -0.25) is 4.79 Å². The third-order valence-electron chi connectivity index (χ3n) is 11.9. The Bertz CT molecular complexity index is 1410. The number of carbonyl (C=O) groups excluding carboxylic acids is 1. The minimum absolute atomic E-state index is 0.190. The van der Waals surface area contributed by atoms with E-state index in [-0.39, 0.29) is 12.5 Å². The van der Waals surface area contributed by atoms with Crippen LogP contribution in [0.25, 0.3) is 0 Å². The van der Waals surface area contributed by atoms with Crippen LogP contribution in [-0.2, 0) is 14.3 Å². The molecule has 0 bridgehead atoms. The van der Waals surface area contributed by atoms with E-state index < -0.39 is 49.5 Å². The van der Waals surface area contributed by atoms with Crippen LogP contribution in [0.5, 0.6) is 0 Å². The molecular formula is C58H97NO8. The van der Waals surface area contributed by atoms with Gasteiger partial charge in [-0.25, -0.2) is 0 Å². The topological polar surface area (TPSA) is 149 Å². The van der Waals surface area contributed by atoms with Crippen molar-refractivity contribution in [1.29, 1.82) is 0 Å². The SMILES string of the molecule is CC/C=C\C/C=C\C/C=C\C/C=C\C/C=C\C/C=C\C/C=C\C/C=C\CCCCCCCCCCCCC(=O)NC(COC1OC(CO)C(O)C(O)C1O)C(O)/C=C/CCCCCCCCC. The van der Waals surface area contributed by atoms with Crippen LogP contribution in [-0.4, -0.2) is 87.5 Å². The molecule has 1 rings (SSSR count). The summed E-state index contributed by atoms with van der Waals surface area (Å²) in [5.41, 5.74) is 0. The first-order valence-corrected chi connectivity index (χ1v) is 26.6. The predicted octanol–water partition coefficient (Wildman–Crippen LogP) is 12.6. The molecule has 0 aliphatic carbocycles. The molecule has 0 radical (unpaired) electrons. The molecule has 382 valence electrons. The molecule has 67 heavy (non-hydrogen) atoms. The van der Waals surface area contributed by atoms with Gasteiger partial charge in [0, 0.05) is 6.42 Å². The molecule has 1 aliphatic heterocycles. The van der Waals surface area contributed by atoms with Crippen molar-refractivity contribution in [3.8, 4) is 0 Å². The first-order valence-electron chi connectivity index (χ1n) is 26.6. The van der Waals surface area contributed by atoms with Crippen LogP contribution >= 0.6 is 0 Å². The first kappa shape index (κ1) is 61.9. The highest BCUT2D eigenvalue weighted by molar-refractivity contribution is 5.76. The number of unbranched alkanes of at least 4 members (excludes halogenated alkanes) is 17. The lowest BCUT2D eigenvalue weighted by Gasteiger charge is -2.40. The van der Waals surface area contributed by atoms with E-state index in [9.17, 15) is 30.3 Å². The van der Waals surface area contributed by atoms with E-state index in [2.05, 4.69) is 116 Å². The summed E-state index contributed by atoms with van der Waals surface area (Å²) in [7, 11) is 0. The second-order valence-corrected chi connectivity index (χ2v) is 17.9. The van der Waals surface area contributed by atoms with Crippen LogP contribution in [0.15, 0.2) is 109 Å². The molecule has 0 aromatic carbocycles. The zero-order chi connectivity index (χ0) is 48.7. The van der Waals surface area contributed by atoms with Crippen molar-refractivity contribution in [2.24, 2.45) is 0 Å². The quantitative estimate of drug-likeness (QED) is 0.0261. The molecule has 1 fully saturated rings. The van der Waals surface area contributed by atoms with Crippen molar-refractivity contribution in [2.45, 2.75) is 236 Å². The summed E-state index contributed by atoms with van der Waals surface area (Å²) in [6.45, 7) is 3.60. The summed E-state index contributed by atoms with van der Waals surface area (Å²) in [5, 5.41) is 54.1. The van der Waals surface area contributed by atoms with E-state index in [0.29, 0.717) is 6.42 Å². The van der Waals surface area contributed by atoms with E-state index in [1.807, 2.05) is 6.08 Å². The number of hydrogen-bond acceptors (Lipinski definition) is 8. The molecule has 0 spiro atoms. The van der Waals surface area contributed by atoms with Crippen molar-refractivity contribution in [1.82, 2.24) is 5.32 Å². The Balaban J connectivity index is 2.14. The van der Waals surface area contributed by atoms with E-state index in [1.165, 1.54) is 70.6 Å². The largest absolute Gasteiger partial charge is 0.394 e. The number of allylic oxidation sites excluding steroid dienone is 17. The molecule has 1 saturated heterocycles. The van der Waals surface area contributed by atoms with Crippen LogP contribution in [0.1, 0.15) is 194 Å². The molecule has 1 heterocycles. The maximum Gasteiger partial charge on any atom is 0.220 e. The number of carbonyl (C=O) groups is 1. The summed E-state index contributed by atoms with van der Waals surface area (Å²) in [6, 6.07) is -0.812. The number of ether oxygens (including phenoxy) is 2. The molecule has 6 N–H and O–H groups in total. The number of aliphatic hydroxyl groups is 5.